The van der Waals surface area contributed by atoms with E-state index in [1.165, 1.54) is 11.8 Å². The molecule has 1 N–H and O–H groups in total. The number of hydrogen-bond donors (Lipinski definition) is 1. The lowest BCUT2D eigenvalue weighted by atomic mass is 10.1. The summed E-state index contributed by atoms with van der Waals surface area (Å²) in [5.74, 6) is 0.206. The number of aliphatic hydroxyl groups is 1. The van der Waals surface area contributed by atoms with Crippen molar-refractivity contribution < 1.29 is 9.50 Å². The summed E-state index contributed by atoms with van der Waals surface area (Å²) >= 11 is 0. The number of benzene rings is 1. The first-order valence-electron chi connectivity index (χ1n) is 9.29. The number of hydrogen-bond acceptors (Lipinski definition) is 3. The Morgan fingerprint density at radius 1 is 1.23 bits per heavy atom. The zero-order valence-electron chi connectivity index (χ0n) is 14.9. The normalized spacial score (nSPS) is 19.0. The van der Waals surface area contributed by atoms with Crippen LogP contribution in [0, 0.1) is 11.7 Å². The van der Waals surface area contributed by atoms with Crippen molar-refractivity contribution in [2.75, 3.05) is 6.54 Å². The van der Waals surface area contributed by atoms with Crippen molar-refractivity contribution in [1.82, 2.24) is 19.2 Å². The average Bonchev–Trinajstić information content (AvgIpc) is 3.32. The molecule has 1 atom stereocenters. The third-order valence-electron chi connectivity index (χ3n) is 5.76. The van der Waals surface area contributed by atoms with Crippen LogP contribution in [0.3, 0.4) is 0 Å². The summed E-state index contributed by atoms with van der Waals surface area (Å²) in [6.07, 6.45) is 1.81. The fourth-order valence-electron chi connectivity index (χ4n) is 4.03. The van der Waals surface area contributed by atoms with Crippen LogP contribution in [0.15, 0.2) is 30.3 Å². The molecule has 3 aromatic rings. The Bertz CT molecular complexity index is 972. The van der Waals surface area contributed by atoms with Crippen molar-refractivity contribution in [3.05, 3.63) is 53.2 Å². The Hall–Kier alpha value is -2.18. The topological polar surface area (TPSA) is 46.2 Å². The molecule has 1 saturated carbocycles. The van der Waals surface area contributed by atoms with Gasteiger partial charge in [-0.1, -0.05) is 0 Å². The molecule has 26 heavy (non-hydrogen) atoms. The molecule has 5 rings (SSSR count). The molecular formula is C20H23FN4O. The summed E-state index contributed by atoms with van der Waals surface area (Å²) in [6.45, 7) is 3.40. The van der Waals surface area contributed by atoms with Gasteiger partial charge in [0.2, 0.25) is 0 Å². The molecule has 0 unspecified atom stereocenters. The summed E-state index contributed by atoms with van der Waals surface area (Å²) in [5.41, 5.74) is 4.22. The largest absolute Gasteiger partial charge is 0.386 e. The maximum absolute atomic E-state index is 13.5. The first kappa shape index (κ1) is 16.0. The molecule has 0 amide bonds. The highest BCUT2D eigenvalue weighted by Crippen LogP contribution is 2.40. The molecule has 1 aliphatic heterocycles. The second kappa shape index (κ2) is 5.93. The van der Waals surface area contributed by atoms with Gasteiger partial charge in [-0.2, -0.15) is 5.10 Å². The Morgan fingerprint density at radius 3 is 2.88 bits per heavy atom. The minimum absolute atomic E-state index is 0.196. The molecule has 0 bridgehead atoms. The number of halogens is 1. The van der Waals surface area contributed by atoms with Crippen LogP contribution in [0.2, 0.25) is 0 Å². The molecular weight excluding hydrogens is 331 g/mol. The van der Waals surface area contributed by atoms with E-state index in [1.807, 2.05) is 17.8 Å². The molecule has 0 radical (unpaired) electrons. The Labute approximate surface area is 151 Å². The molecule has 3 heterocycles. The fourth-order valence-corrected chi connectivity index (χ4v) is 4.03. The van der Waals surface area contributed by atoms with Crippen molar-refractivity contribution >= 4 is 10.9 Å². The van der Waals surface area contributed by atoms with Gasteiger partial charge in [0.15, 0.2) is 0 Å². The Kier molecular flexibility index (Phi) is 3.65. The van der Waals surface area contributed by atoms with Gasteiger partial charge in [0.25, 0.3) is 0 Å². The SMILES string of the molecule is Cn1c(CN2CCn3nc([C@@H](O)C4CC4)cc3C2)cc2cc(F)ccc21. The minimum atomic E-state index is -0.408. The van der Waals surface area contributed by atoms with Crippen LogP contribution >= 0.6 is 0 Å². The van der Waals surface area contributed by atoms with E-state index in [1.54, 1.807) is 6.07 Å². The Balaban J connectivity index is 1.35. The Morgan fingerprint density at radius 2 is 2.08 bits per heavy atom. The fraction of sp³-hybridized carbons (Fsp3) is 0.450. The summed E-state index contributed by atoms with van der Waals surface area (Å²) in [7, 11) is 2.04. The van der Waals surface area contributed by atoms with Crippen LogP contribution in [-0.4, -0.2) is 30.9 Å². The van der Waals surface area contributed by atoms with Gasteiger partial charge < -0.3 is 9.67 Å². The van der Waals surface area contributed by atoms with E-state index in [-0.39, 0.29) is 5.82 Å². The van der Waals surface area contributed by atoms with Gasteiger partial charge >= 0.3 is 0 Å². The molecule has 2 aliphatic rings. The lowest BCUT2D eigenvalue weighted by Crippen LogP contribution is -2.33. The van der Waals surface area contributed by atoms with Crippen molar-refractivity contribution in [2.45, 2.75) is 38.6 Å². The predicted molar refractivity (Wildman–Crippen MR) is 96.9 cm³/mol. The second-order valence-electron chi connectivity index (χ2n) is 7.67. The van der Waals surface area contributed by atoms with Gasteiger partial charge in [-0.3, -0.25) is 9.58 Å². The van der Waals surface area contributed by atoms with Gasteiger partial charge in [0, 0.05) is 43.3 Å². The minimum Gasteiger partial charge on any atom is -0.386 e. The zero-order valence-corrected chi connectivity index (χ0v) is 14.9. The van der Waals surface area contributed by atoms with Crippen molar-refractivity contribution in [3.63, 3.8) is 0 Å². The number of aliphatic hydroxyl groups excluding tert-OH is 1. The van der Waals surface area contributed by atoms with Gasteiger partial charge in [0.1, 0.15) is 11.9 Å². The van der Waals surface area contributed by atoms with Crippen molar-refractivity contribution in [2.24, 2.45) is 13.0 Å². The van der Waals surface area contributed by atoms with E-state index >= 15 is 0 Å². The maximum atomic E-state index is 13.5. The van der Waals surface area contributed by atoms with E-state index < -0.39 is 6.10 Å². The molecule has 2 aromatic heterocycles. The number of fused-ring (bicyclic) bond motifs is 2. The number of rotatable bonds is 4. The number of aryl methyl sites for hydroxylation is 1. The highest BCUT2D eigenvalue weighted by molar-refractivity contribution is 5.81. The van der Waals surface area contributed by atoms with Crippen LogP contribution in [0.4, 0.5) is 4.39 Å². The van der Waals surface area contributed by atoms with E-state index in [2.05, 4.69) is 26.7 Å². The second-order valence-corrected chi connectivity index (χ2v) is 7.67. The van der Waals surface area contributed by atoms with Crippen molar-refractivity contribution in [3.8, 4) is 0 Å². The quantitative estimate of drug-likeness (QED) is 0.784. The van der Waals surface area contributed by atoms with Crippen LogP contribution in [0.25, 0.3) is 10.9 Å². The average molecular weight is 354 g/mol. The monoisotopic (exact) mass is 354 g/mol. The molecule has 6 heteroatoms. The van der Waals surface area contributed by atoms with E-state index in [9.17, 15) is 9.50 Å². The molecule has 1 aliphatic carbocycles. The third-order valence-corrected chi connectivity index (χ3v) is 5.76. The summed E-state index contributed by atoms with van der Waals surface area (Å²) in [4.78, 5) is 2.38. The maximum Gasteiger partial charge on any atom is 0.123 e. The lowest BCUT2D eigenvalue weighted by Gasteiger charge is -2.27. The zero-order chi connectivity index (χ0) is 17.8. The number of aromatic nitrogens is 3. The third kappa shape index (κ3) is 2.73. The van der Waals surface area contributed by atoms with Crippen LogP contribution < -0.4 is 0 Å². The molecule has 5 nitrogen and oxygen atoms in total. The molecule has 0 spiro atoms. The first-order chi connectivity index (χ1) is 12.6. The lowest BCUT2D eigenvalue weighted by molar-refractivity contribution is 0.147. The predicted octanol–water partition coefficient (Wildman–Crippen LogP) is 2.97. The number of nitrogens with zero attached hydrogens (tertiary/aromatic N) is 4. The highest BCUT2D eigenvalue weighted by atomic mass is 19.1. The molecule has 0 saturated heterocycles. The van der Waals surface area contributed by atoms with Crippen LogP contribution in [0.1, 0.15) is 36.0 Å². The summed E-state index contributed by atoms with van der Waals surface area (Å²) < 4.78 is 17.7. The smallest absolute Gasteiger partial charge is 0.123 e. The van der Waals surface area contributed by atoms with E-state index in [0.29, 0.717) is 5.92 Å². The molecule has 1 aromatic carbocycles. The van der Waals surface area contributed by atoms with Crippen LogP contribution in [-0.2, 0) is 26.7 Å². The van der Waals surface area contributed by atoms with Gasteiger partial charge in [-0.25, -0.2) is 4.39 Å². The van der Waals surface area contributed by atoms with Gasteiger partial charge in [0.05, 0.1) is 17.9 Å². The van der Waals surface area contributed by atoms with E-state index in [0.717, 1.165) is 61.3 Å². The summed E-state index contributed by atoms with van der Waals surface area (Å²) in [5, 5.41) is 15.9. The van der Waals surface area contributed by atoms with Gasteiger partial charge in [-0.05, 0) is 49.1 Å². The molecule has 1 fully saturated rings. The molecule has 136 valence electrons. The first-order valence-corrected chi connectivity index (χ1v) is 9.29. The van der Waals surface area contributed by atoms with E-state index in [4.69, 9.17) is 0 Å². The highest BCUT2D eigenvalue weighted by Gasteiger charge is 2.33. The van der Waals surface area contributed by atoms with Crippen LogP contribution in [0.5, 0.6) is 0 Å². The van der Waals surface area contributed by atoms with Crippen molar-refractivity contribution in [1.29, 1.82) is 0 Å². The summed E-state index contributed by atoms with van der Waals surface area (Å²) in [6, 6.07) is 9.08. The van der Waals surface area contributed by atoms with Gasteiger partial charge in [-0.15, -0.1) is 0 Å². The standard InChI is InChI=1S/C20H23FN4O/c1-23-16(9-14-8-15(21)4-5-19(14)23)11-24-6-7-25-17(12-24)10-18(22-25)20(26)13-2-3-13/h4-5,8-10,13,20,26H,2-3,6-7,11-12H2,1H3/t20-/m0/s1.